The molecule has 0 saturated carbocycles. The van der Waals surface area contributed by atoms with Gasteiger partial charge in [-0.15, -0.1) is 0 Å². The highest BCUT2D eigenvalue weighted by Gasteiger charge is 2.36. The molecule has 4 rings (SSSR count). The van der Waals surface area contributed by atoms with Crippen molar-refractivity contribution < 1.29 is 0 Å². The Bertz CT molecular complexity index is 458. The van der Waals surface area contributed by atoms with Crippen LogP contribution in [0.15, 0.2) is 18.2 Å². The second-order valence-electron chi connectivity index (χ2n) is 5.34. The number of rotatable bonds is 3. The Balaban J connectivity index is 1.85. The summed E-state index contributed by atoms with van der Waals surface area (Å²) in [6.07, 6.45) is 0. The summed E-state index contributed by atoms with van der Waals surface area (Å²) in [5.74, 6) is 0. The van der Waals surface area contributed by atoms with Crippen LogP contribution in [0.5, 0.6) is 0 Å². The first-order valence-corrected chi connectivity index (χ1v) is 7.53. The summed E-state index contributed by atoms with van der Waals surface area (Å²) >= 11 is 12.2. The molecule has 1 aromatic rings. The Kier molecular flexibility index (Phi) is 4.01. The zero-order chi connectivity index (χ0) is 13.4. The molecule has 2 unspecified atom stereocenters. The molecule has 2 bridgehead atoms. The highest BCUT2D eigenvalue weighted by atomic mass is 35.5. The predicted molar refractivity (Wildman–Crippen MR) is 80.1 cm³/mol. The highest BCUT2D eigenvalue weighted by molar-refractivity contribution is 6.42. The lowest BCUT2D eigenvalue weighted by atomic mass is 9.94. The van der Waals surface area contributed by atoms with E-state index >= 15 is 0 Å². The highest BCUT2D eigenvalue weighted by Crippen LogP contribution is 2.30. The zero-order valence-corrected chi connectivity index (χ0v) is 12.6. The average molecular weight is 300 g/mol. The van der Waals surface area contributed by atoms with Crippen molar-refractivity contribution in [2.45, 2.75) is 12.1 Å². The molecule has 2 atom stereocenters. The van der Waals surface area contributed by atoms with Gasteiger partial charge in [0.1, 0.15) is 0 Å². The van der Waals surface area contributed by atoms with E-state index in [4.69, 9.17) is 23.2 Å². The molecule has 5 heteroatoms. The molecule has 0 radical (unpaired) electrons. The Morgan fingerprint density at radius 3 is 2.42 bits per heavy atom. The fourth-order valence-corrected chi connectivity index (χ4v) is 3.57. The molecule has 3 heterocycles. The standard InChI is InChI=1S/C14H19Cl2N3/c1-17-14(10-2-3-11(15)12(16)8-10)13-9-18-4-6-19(13)7-5-18/h2-3,8,13-14,17H,4-7,9H2,1H3. The fraction of sp³-hybridized carbons (Fsp3) is 0.571. The first-order chi connectivity index (χ1) is 9.19. The molecule has 1 N–H and O–H groups in total. The number of fused-ring (bicyclic) bond motifs is 3. The Hall–Kier alpha value is -0.320. The van der Waals surface area contributed by atoms with Gasteiger partial charge in [-0.1, -0.05) is 29.3 Å². The molecule has 104 valence electrons. The van der Waals surface area contributed by atoms with Crippen molar-refractivity contribution in [3.8, 4) is 0 Å². The van der Waals surface area contributed by atoms with Crippen LogP contribution in [0.4, 0.5) is 0 Å². The largest absolute Gasteiger partial charge is 0.312 e. The van der Waals surface area contributed by atoms with Crippen molar-refractivity contribution in [2.24, 2.45) is 0 Å². The Labute approximate surface area is 124 Å². The van der Waals surface area contributed by atoms with Gasteiger partial charge >= 0.3 is 0 Å². The maximum Gasteiger partial charge on any atom is 0.0595 e. The average Bonchev–Trinajstić information content (AvgIpc) is 2.45. The molecular formula is C14H19Cl2N3. The zero-order valence-electron chi connectivity index (χ0n) is 11.1. The predicted octanol–water partition coefficient (Wildman–Crippen LogP) is 2.25. The lowest BCUT2D eigenvalue weighted by Gasteiger charge is -2.50. The molecule has 3 fully saturated rings. The number of nitrogens with zero attached hydrogens (tertiary/aromatic N) is 2. The van der Waals surface area contributed by atoms with Crippen molar-refractivity contribution in [1.29, 1.82) is 0 Å². The number of hydrogen-bond acceptors (Lipinski definition) is 3. The normalized spacial score (nSPS) is 31.4. The van der Waals surface area contributed by atoms with Gasteiger partial charge in [0.2, 0.25) is 0 Å². The summed E-state index contributed by atoms with van der Waals surface area (Å²) in [4.78, 5) is 5.14. The Morgan fingerprint density at radius 2 is 1.89 bits per heavy atom. The van der Waals surface area contributed by atoms with Gasteiger partial charge in [0.05, 0.1) is 10.0 Å². The maximum absolute atomic E-state index is 6.15. The summed E-state index contributed by atoms with van der Waals surface area (Å²) in [5, 5.41) is 4.70. The van der Waals surface area contributed by atoms with Crippen molar-refractivity contribution in [3.05, 3.63) is 33.8 Å². The minimum atomic E-state index is 0.304. The van der Waals surface area contributed by atoms with Crippen molar-refractivity contribution in [1.82, 2.24) is 15.1 Å². The van der Waals surface area contributed by atoms with Crippen molar-refractivity contribution in [2.75, 3.05) is 39.8 Å². The second kappa shape index (κ2) is 5.58. The van der Waals surface area contributed by atoms with E-state index in [2.05, 4.69) is 21.2 Å². The molecule has 1 aromatic carbocycles. The summed E-state index contributed by atoms with van der Waals surface area (Å²) in [6, 6.07) is 6.78. The number of hydrogen-bond donors (Lipinski definition) is 1. The van der Waals surface area contributed by atoms with E-state index < -0.39 is 0 Å². The SMILES string of the molecule is CNC(c1ccc(Cl)c(Cl)c1)C1CN2CCN1CC2. The van der Waals surface area contributed by atoms with E-state index in [-0.39, 0.29) is 0 Å². The fourth-order valence-electron chi connectivity index (χ4n) is 3.26. The van der Waals surface area contributed by atoms with Gasteiger partial charge < -0.3 is 5.32 Å². The molecule has 0 amide bonds. The third-order valence-corrected chi connectivity index (χ3v) is 5.06. The third kappa shape index (κ3) is 2.63. The minimum absolute atomic E-state index is 0.304. The van der Waals surface area contributed by atoms with Gasteiger partial charge in [-0.05, 0) is 24.7 Å². The first kappa shape index (κ1) is 13.7. The summed E-state index contributed by atoms with van der Waals surface area (Å²) < 4.78 is 0. The summed E-state index contributed by atoms with van der Waals surface area (Å²) in [7, 11) is 2.02. The lowest BCUT2D eigenvalue weighted by molar-refractivity contribution is -0.00254. The smallest absolute Gasteiger partial charge is 0.0595 e. The van der Waals surface area contributed by atoms with Gasteiger partial charge in [0.15, 0.2) is 0 Å². The van der Waals surface area contributed by atoms with Crippen LogP contribution in [0.2, 0.25) is 10.0 Å². The van der Waals surface area contributed by atoms with E-state index in [0.29, 0.717) is 22.1 Å². The second-order valence-corrected chi connectivity index (χ2v) is 6.16. The van der Waals surface area contributed by atoms with E-state index in [0.717, 1.165) is 6.54 Å². The van der Waals surface area contributed by atoms with E-state index in [1.54, 1.807) is 0 Å². The molecule has 3 saturated heterocycles. The van der Waals surface area contributed by atoms with Gasteiger partial charge in [0.25, 0.3) is 0 Å². The molecular weight excluding hydrogens is 281 g/mol. The van der Waals surface area contributed by atoms with Crippen LogP contribution >= 0.6 is 23.2 Å². The molecule has 0 aromatic heterocycles. The molecule has 3 aliphatic heterocycles. The van der Waals surface area contributed by atoms with Crippen LogP contribution in [-0.2, 0) is 0 Å². The van der Waals surface area contributed by atoms with Crippen LogP contribution in [0, 0.1) is 0 Å². The molecule has 3 nitrogen and oxygen atoms in total. The van der Waals surface area contributed by atoms with Crippen LogP contribution in [0.3, 0.4) is 0 Å². The number of piperazine rings is 3. The van der Waals surface area contributed by atoms with Gasteiger partial charge in [-0.2, -0.15) is 0 Å². The van der Waals surface area contributed by atoms with E-state index in [1.807, 2.05) is 19.2 Å². The van der Waals surface area contributed by atoms with Crippen LogP contribution < -0.4 is 5.32 Å². The first-order valence-electron chi connectivity index (χ1n) is 6.77. The van der Waals surface area contributed by atoms with Gasteiger partial charge in [-0.25, -0.2) is 0 Å². The maximum atomic E-state index is 6.15. The Morgan fingerprint density at radius 1 is 1.16 bits per heavy atom. The molecule has 0 spiro atoms. The molecule has 0 aliphatic carbocycles. The summed E-state index contributed by atoms with van der Waals surface area (Å²) in [6.45, 7) is 5.88. The molecule has 3 aliphatic rings. The van der Waals surface area contributed by atoms with E-state index in [9.17, 15) is 0 Å². The number of likely N-dealkylation sites (N-methyl/N-ethyl adjacent to an activating group) is 1. The number of halogens is 2. The quantitative estimate of drug-likeness (QED) is 0.924. The monoisotopic (exact) mass is 299 g/mol. The molecule has 19 heavy (non-hydrogen) atoms. The third-order valence-electron chi connectivity index (χ3n) is 4.32. The topological polar surface area (TPSA) is 18.5 Å². The lowest BCUT2D eigenvalue weighted by Crippen LogP contribution is -2.63. The number of nitrogens with one attached hydrogen (secondary N) is 1. The minimum Gasteiger partial charge on any atom is -0.312 e. The number of benzene rings is 1. The van der Waals surface area contributed by atoms with Crippen LogP contribution in [-0.4, -0.2) is 55.6 Å². The van der Waals surface area contributed by atoms with Crippen molar-refractivity contribution in [3.63, 3.8) is 0 Å². The van der Waals surface area contributed by atoms with Crippen LogP contribution in [0.1, 0.15) is 11.6 Å². The van der Waals surface area contributed by atoms with Gasteiger partial charge in [0, 0.05) is 44.8 Å². The van der Waals surface area contributed by atoms with Crippen LogP contribution in [0.25, 0.3) is 0 Å². The van der Waals surface area contributed by atoms with E-state index in [1.165, 1.54) is 31.7 Å². The van der Waals surface area contributed by atoms with Crippen molar-refractivity contribution >= 4 is 23.2 Å². The van der Waals surface area contributed by atoms with Gasteiger partial charge in [-0.3, -0.25) is 9.80 Å². The summed E-state index contributed by atoms with van der Waals surface area (Å²) in [5.41, 5.74) is 1.22.